The first kappa shape index (κ1) is 12.4. The average Bonchev–Trinajstić information content (AvgIpc) is 2.09. The van der Waals surface area contributed by atoms with Crippen molar-refractivity contribution in [1.29, 1.82) is 0 Å². The van der Waals surface area contributed by atoms with Crippen LogP contribution in [0, 0.1) is 3.57 Å². The molecule has 0 aromatic heterocycles. The number of amides is 1. The summed E-state index contributed by atoms with van der Waals surface area (Å²) in [5.41, 5.74) is 1.09. The van der Waals surface area contributed by atoms with Gasteiger partial charge in [0.2, 0.25) is 5.91 Å². The Labute approximate surface area is 106 Å². The van der Waals surface area contributed by atoms with Gasteiger partial charge in [0, 0.05) is 16.1 Å². The molecule has 1 aromatic rings. The second-order valence-corrected chi connectivity index (χ2v) is 4.62. The van der Waals surface area contributed by atoms with Gasteiger partial charge in [0.05, 0.1) is 10.7 Å². The molecule has 0 aliphatic heterocycles. The highest BCUT2D eigenvalue weighted by Crippen LogP contribution is 2.27. The van der Waals surface area contributed by atoms with Crippen molar-refractivity contribution >= 4 is 51.6 Å². The summed E-state index contributed by atoms with van der Waals surface area (Å²) in [4.78, 5) is 22.0. The van der Waals surface area contributed by atoms with Gasteiger partial charge < -0.3 is 5.32 Å². The fourth-order valence-electron chi connectivity index (χ4n) is 1.10. The number of carbonyl (C=O) groups excluding carboxylic acids is 2. The van der Waals surface area contributed by atoms with Gasteiger partial charge in [0.15, 0.2) is 5.78 Å². The maximum Gasteiger partial charge on any atom is 0.221 e. The average molecular weight is 338 g/mol. The van der Waals surface area contributed by atoms with E-state index in [9.17, 15) is 9.59 Å². The van der Waals surface area contributed by atoms with E-state index in [4.69, 9.17) is 11.6 Å². The molecule has 5 heteroatoms. The second kappa shape index (κ2) is 4.94. The Bertz CT molecular complexity index is 432. The molecule has 15 heavy (non-hydrogen) atoms. The van der Waals surface area contributed by atoms with Gasteiger partial charge >= 0.3 is 0 Å². The van der Waals surface area contributed by atoms with Crippen molar-refractivity contribution in [2.45, 2.75) is 13.8 Å². The molecule has 0 spiro atoms. The summed E-state index contributed by atoms with van der Waals surface area (Å²) in [5.74, 6) is -0.258. The molecule has 1 N–H and O–H groups in total. The van der Waals surface area contributed by atoms with E-state index in [1.54, 1.807) is 12.1 Å². The van der Waals surface area contributed by atoms with Crippen LogP contribution in [0.4, 0.5) is 5.69 Å². The fraction of sp³-hybridized carbons (Fsp3) is 0.200. The molecule has 3 nitrogen and oxygen atoms in total. The quantitative estimate of drug-likeness (QED) is 0.666. The smallest absolute Gasteiger partial charge is 0.221 e. The highest BCUT2D eigenvalue weighted by Gasteiger charge is 2.10. The summed E-state index contributed by atoms with van der Waals surface area (Å²) >= 11 is 7.95. The van der Waals surface area contributed by atoms with Crippen molar-refractivity contribution in [3.63, 3.8) is 0 Å². The number of Topliss-reactive ketones (excluding diaryl/α,β-unsaturated/α-hetero) is 1. The minimum absolute atomic E-state index is 0.0905. The Morgan fingerprint density at radius 1 is 1.33 bits per heavy atom. The summed E-state index contributed by atoms with van der Waals surface area (Å²) in [5, 5.41) is 2.99. The van der Waals surface area contributed by atoms with E-state index in [0.29, 0.717) is 16.3 Å². The third-order valence-corrected chi connectivity index (χ3v) is 2.95. The van der Waals surface area contributed by atoms with E-state index in [1.807, 2.05) is 22.6 Å². The van der Waals surface area contributed by atoms with E-state index in [0.717, 1.165) is 3.57 Å². The zero-order valence-corrected chi connectivity index (χ0v) is 11.1. The van der Waals surface area contributed by atoms with Crippen LogP contribution in [0.3, 0.4) is 0 Å². The highest BCUT2D eigenvalue weighted by atomic mass is 127. The maximum absolute atomic E-state index is 11.2. The van der Waals surface area contributed by atoms with Crippen molar-refractivity contribution in [2.24, 2.45) is 0 Å². The Balaban J connectivity index is 3.19. The Hall–Kier alpha value is -0.620. The third-order valence-electron chi connectivity index (χ3n) is 1.75. The lowest BCUT2D eigenvalue weighted by Crippen LogP contribution is -2.08. The number of rotatable bonds is 2. The molecule has 0 unspecified atom stereocenters. The lowest BCUT2D eigenvalue weighted by Gasteiger charge is -2.08. The Morgan fingerprint density at radius 3 is 2.40 bits per heavy atom. The highest BCUT2D eigenvalue weighted by molar-refractivity contribution is 14.1. The van der Waals surface area contributed by atoms with Gasteiger partial charge in [0.1, 0.15) is 0 Å². The SMILES string of the molecule is CC(=O)Nc1cc(Cl)c(C(C)=O)cc1I. The molecule has 0 atom stereocenters. The van der Waals surface area contributed by atoms with Crippen LogP contribution in [0.5, 0.6) is 0 Å². The Morgan fingerprint density at radius 2 is 1.93 bits per heavy atom. The molecule has 0 saturated carbocycles. The van der Waals surface area contributed by atoms with Crippen LogP contribution < -0.4 is 5.32 Å². The van der Waals surface area contributed by atoms with Crippen LogP contribution in [0.15, 0.2) is 12.1 Å². The number of ketones is 1. The van der Waals surface area contributed by atoms with E-state index in [-0.39, 0.29) is 11.7 Å². The molecule has 1 aromatic carbocycles. The normalized spacial score (nSPS) is 9.87. The zero-order valence-electron chi connectivity index (χ0n) is 8.23. The van der Waals surface area contributed by atoms with Crippen LogP contribution >= 0.6 is 34.2 Å². The number of hydrogen-bond acceptors (Lipinski definition) is 2. The van der Waals surface area contributed by atoms with E-state index in [1.165, 1.54) is 13.8 Å². The van der Waals surface area contributed by atoms with Crippen LogP contribution in [-0.4, -0.2) is 11.7 Å². The first-order valence-electron chi connectivity index (χ1n) is 4.19. The molecule has 0 saturated heterocycles. The number of nitrogens with one attached hydrogen (secondary N) is 1. The van der Waals surface area contributed by atoms with Gasteiger partial charge in [-0.2, -0.15) is 0 Å². The summed E-state index contributed by atoms with van der Waals surface area (Å²) in [6.45, 7) is 2.87. The Kier molecular flexibility index (Phi) is 4.10. The molecule has 0 aliphatic rings. The summed E-state index contributed by atoms with van der Waals surface area (Å²) in [6.07, 6.45) is 0. The van der Waals surface area contributed by atoms with Crippen molar-refractivity contribution in [2.75, 3.05) is 5.32 Å². The van der Waals surface area contributed by atoms with Crippen LogP contribution in [0.25, 0.3) is 0 Å². The summed E-state index contributed by atoms with van der Waals surface area (Å²) < 4.78 is 0.789. The van der Waals surface area contributed by atoms with Gasteiger partial charge in [-0.05, 0) is 41.6 Å². The molecule has 0 aliphatic carbocycles. The molecule has 0 heterocycles. The number of hydrogen-bond donors (Lipinski definition) is 1. The van der Waals surface area contributed by atoms with Gasteiger partial charge in [-0.25, -0.2) is 0 Å². The first-order chi connectivity index (χ1) is 6.91. The van der Waals surface area contributed by atoms with Gasteiger partial charge in [-0.3, -0.25) is 9.59 Å². The van der Waals surface area contributed by atoms with Crippen molar-refractivity contribution in [1.82, 2.24) is 0 Å². The van der Waals surface area contributed by atoms with E-state index >= 15 is 0 Å². The minimum atomic E-state index is -0.167. The summed E-state index contributed by atoms with van der Waals surface area (Å²) in [6, 6.07) is 3.25. The maximum atomic E-state index is 11.2. The number of halogens is 2. The predicted molar refractivity (Wildman–Crippen MR) is 68.5 cm³/mol. The third kappa shape index (κ3) is 3.17. The van der Waals surface area contributed by atoms with Crippen LogP contribution in [0.2, 0.25) is 5.02 Å². The van der Waals surface area contributed by atoms with Gasteiger partial charge in [-0.15, -0.1) is 0 Å². The number of benzene rings is 1. The first-order valence-corrected chi connectivity index (χ1v) is 5.65. The number of anilines is 1. The lowest BCUT2D eigenvalue weighted by atomic mass is 10.1. The molecule has 0 fully saturated rings. The lowest BCUT2D eigenvalue weighted by molar-refractivity contribution is -0.114. The second-order valence-electron chi connectivity index (χ2n) is 3.05. The van der Waals surface area contributed by atoms with E-state index in [2.05, 4.69) is 5.32 Å². The molecular weight excluding hydrogens is 328 g/mol. The summed E-state index contributed by atoms with van der Waals surface area (Å²) in [7, 11) is 0. The monoisotopic (exact) mass is 337 g/mol. The van der Waals surface area contributed by atoms with Crippen LogP contribution in [0.1, 0.15) is 24.2 Å². The fourth-order valence-corrected chi connectivity index (χ4v) is 2.00. The van der Waals surface area contributed by atoms with Gasteiger partial charge in [0.25, 0.3) is 0 Å². The van der Waals surface area contributed by atoms with Crippen molar-refractivity contribution in [3.05, 3.63) is 26.3 Å². The predicted octanol–water partition coefficient (Wildman–Crippen LogP) is 3.11. The minimum Gasteiger partial charge on any atom is -0.325 e. The van der Waals surface area contributed by atoms with Crippen LogP contribution in [-0.2, 0) is 4.79 Å². The van der Waals surface area contributed by atoms with Gasteiger partial charge in [-0.1, -0.05) is 11.6 Å². The molecular formula is C10H9ClINO2. The van der Waals surface area contributed by atoms with Crippen molar-refractivity contribution in [3.8, 4) is 0 Å². The topological polar surface area (TPSA) is 46.2 Å². The molecule has 0 bridgehead atoms. The molecule has 0 radical (unpaired) electrons. The number of carbonyl (C=O) groups is 2. The molecule has 1 amide bonds. The van der Waals surface area contributed by atoms with Crippen molar-refractivity contribution < 1.29 is 9.59 Å². The zero-order chi connectivity index (χ0) is 11.6. The van der Waals surface area contributed by atoms with E-state index < -0.39 is 0 Å². The molecule has 1 rings (SSSR count). The molecule has 80 valence electrons. The largest absolute Gasteiger partial charge is 0.325 e. The standard InChI is InChI=1S/C10H9ClINO2/c1-5(14)7-3-9(12)10(4-8(7)11)13-6(2)15/h3-4H,1-2H3,(H,13,15).